The van der Waals surface area contributed by atoms with Gasteiger partial charge in [0.15, 0.2) is 0 Å². The second-order valence-electron chi connectivity index (χ2n) is 4.43. The first kappa shape index (κ1) is 15.3. The van der Waals surface area contributed by atoms with E-state index in [9.17, 15) is 22.8 Å². The smallest absolute Gasteiger partial charge is 0.340 e. The van der Waals surface area contributed by atoms with Crippen LogP contribution in [-0.4, -0.2) is 30.4 Å². The van der Waals surface area contributed by atoms with Gasteiger partial charge in [-0.2, -0.15) is 13.2 Å². The number of imide groups is 1. The fraction of sp³-hybridized carbons (Fsp3) is 0.385. The van der Waals surface area contributed by atoms with Crippen molar-refractivity contribution in [3.8, 4) is 0 Å². The van der Waals surface area contributed by atoms with Crippen LogP contribution in [0.3, 0.4) is 0 Å². The largest absolute Gasteiger partial charge is 0.446 e. The van der Waals surface area contributed by atoms with E-state index in [1.807, 2.05) is 0 Å². The van der Waals surface area contributed by atoms with Crippen molar-refractivity contribution in [2.75, 3.05) is 11.5 Å². The Bertz CT molecular complexity index is 547. The molecule has 0 aliphatic carbocycles. The van der Waals surface area contributed by atoms with Gasteiger partial charge in [-0.1, -0.05) is 25.1 Å². The fourth-order valence-corrected chi connectivity index (χ4v) is 1.95. The third kappa shape index (κ3) is 2.46. The normalized spacial score (nSPS) is 22.6. The molecule has 1 saturated heterocycles. The number of amides is 3. The number of nitrogens with zero attached hydrogens (tertiary/aromatic N) is 1. The van der Waals surface area contributed by atoms with Crippen molar-refractivity contribution < 1.29 is 27.5 Å². The molecule has 2 rings (SSSR count). The summed E-state index contributed by atoms with van der Waals surface area (Å²) < 4.78 is 44.5. The zero-order valence-corrected chi connectivity index (χ0v) is 11.1. The molecule has 3 amide bonds. The topological polar surface area (TPSA) is 58.6 Å². The lowest BCUT2D eigenvalue weighted by Crippen LogP contribution is -2.60. The number of para-hydroxylation sites is 1. The quantitative estimate of drug-likeness (QED) is 0.869. The van der Waals surface area contributed by atoms with E-state index in [0.717, 1.165) is 0 Å². The molecule has 1 aromatic carbocycles. The number of rotatable bonds is 4. The van der Waals surface area contributed by atoms with Gasteiger partial charge in [-0.25, -0.2) is 9.69 Å². The Hall–Kier alpha value is -2.09. The number of carbonyl (C=O) groups is 2. The SMILES string of the molecule is CCCO[C@]1(C(F)(F)F)NC(=O)N(c2ccccc2)C1=O. The summed E-state index contributed by atoms with van der Waals surface area (Å²) in [5.74, 6) is -1.49. The number of carbonyl (C=O) groups excluding carboxylic acids is 2. The highest BCUT2D eigenvalue weighted by molar-refractivity contribution is 6.23. The molecule has 1 aliphatic rings. The van der Waals surface area contributed by atoms with Gasteiger partial charge >= 0.3 is 17.9 Å². The second-order valence-corrected chi connectivity index (χ2v) is 4.43. The Labute approximate surface area is 118 Å². The number of benzene rings is 1. The molecule has 21 heavy (non-hydrogen) atoms. The predicted octanol–water partition coefficient (Wildman–Crippen LogP) is 2.43. The van der Waals surface area contributed by atoms with Crippen LogP contribution in [0, 0.1) is 0 Å². The molecule has 0 bridgehead atoms. The van der Waals surface area contributed by atoms with Crippen LogP contribution in [-0.2, 0) is 9.53 Å². The van der Waals surface area contributed by atoms with Gasteiger partial charge < -0.3 is 4.74 Å². The van der Waals surface area contributed by atoms with Gasteiger partial charge in [0.2, 0.25) is 0 Å². The van der Waals surface area contributed by atoms with E-state index >= 15 is 0 Å². The molecule has 1 heterocycles. The van der Waals surface area contributed by atoms with Crippen LogP contribution in [0.1, 0.15) is 13.3 Å². The molecule has 5 nitrogen and oxygen atoms in total. The summed E-state index contributed by atoms with van der Waals surface area (Å²) in [6, 6.07) is 6.20. The number of alkyl halides is 3. The second kappa shape index (κ2) is 5.36. The maximum Gasteiger partial charge on any atom is 0.446 e. The summed E-state index contributed by atoms with van der Waals surface area (Å²) in [6.45, 7) is 1.29. The monoisotopic (exact) mass is 302 g/mol. The average Bonchev–Trinajstić information content (AvgIpc) is 2.69. The summed E-state index contributed by atoms with van der Waals surface area (Å²) in [7, 11) is 0. The van der Waals surface area contributed by atoms with Gasteiger partial charge in [-0.05, 0) is 18.6 Å². The number of urea groups is 1. The van der Waals surface area contributed by atoms with Crippen molar-refractivity contribution in [2.45, 2.75) is 25.2 Å². The van der Waals surface area contributed by atoms with Gasteiger partial charge in [0, 0.05) is 0 Å². The first-order valence-corrected chi connectivity index (χ1v) is 6.26. The fourth-order valence-electron chi connectivity index (χ4n) is 1.95. The molecule has 8 heteroatoms. The molecule has 1 atom stereocenters. The highest BCUT2D eigenvalue weighted by Crippen LogP contribution is 2.38. The van der Waals surface area contributed by atoms with E-state index < -0.39 is 23.8 Å². The molecular weight excluding hydrogens is 289 g/mol. The van der Waals surface area contributed by atoms with Gasteiger partial charge in [0.25, 0.3) is 5.91 Å². The molecule has 0 spiro atoms. The van der Waals surface area contributed by atoms with Gasteiger partial charge in [-0.3, -0.25) is 10.1 Å². The summed E-state index contributed by atoms with van der Waals surface area (Å²) in [6.07, 6.45) is -4.79. The lowest BCUT2D eigenvalue weighted by atomic mass is 10.2. The molecule has 0 radical (unpaired) electrons. The number of ether oxygens (including phenoxy) is 1. The molecule has 1 fully saturated rings. The van der Waals surface area contributed by atoms with Crippen LogP contribution in [0.25, 0.3) is 0 Å². The molecule has 0 unspecified atom stereocenters. The van der Waals surface area contributed by atoms with E-state index in [4.69, 9.17) is 4.74 Å². The number of halogens is 3. The molecule has 1 aliphatic heterocycles. The first-order chi connectivity index (χ1) is 9.83. The summed E-state index contributed by atoms with van der Waals surface area (Å²) in [4.78, 5) is 24.4. The van der Waals surface area contributed by atoms with Crippen LogP contribution in [0.2, 0.25) is 0 Å². The summed E-state index contributed by atoms with van der Waals surface area (Å²) >= 11 is 0. The minimum Gasteiger partial charge on any atom is -0.340 e. The highest BCUT2D eigenvalue weighted by Gasteiger charge is 2.69. The first-order valence-electron chi connectivity index (χ1n) is 6.26. The Balaban J connectivity index is 2.42. The van der Waals surface area contributed by atoms with E-state index in [1.54, 1.807) is 18.3 Å². The molecule has 0 saturated carbocycles. The van der Waals surface area contributed by atoms with E-state index in [2.05, 4.69) is 0 Å². The zero-order valence-electron chi connectivity index (χ0n) is 11.1. The Morgan fingerprint density at radius 1 is 1.24 bits per heavy atom. The Morgan fingerprint density at radius 3 is 2.38 bits per heavy atom. The van der Waals surface area contributed by atoms with Crippen molar-refractivity contribution >= 4 is 17.6 Å². The van der Waals surface area contributed by atoms with Crippen LogP contribution in [0.15, 0.2) is 30.3 Å². The van der Waals surface area contributed by atoms with Gasteiger partial charge in [0.05, 0.1) is 12.3 Å². The Morgan fingerprint density at radius 2 is 1.86 bits per heavy atom. The minimum absolute atomic E-state index is 0.0474. The average molecular weight is 302 g/mol. The molecule has 1 N–H and O–H groups in total. The summed E-state index contributed by atoms with van der Waals surface area (Å²) in [5.41, 5.74) is -3.28. The highest BCUT2D eigenvalue weighted by atomic mass is 19.4. The molecule has 0 aromatic heterocycles. The third-order valence-electron chi connectivity index (χ3n) is 2.93. The Kier molecular flexibility index (Phi) is 3.91. The number of anilines is 1. The van der Waals surface area contributed by atoms with Crippen molar-refractivity contribution in [2.24, 2.45) is 0 Å². The zero-order chi connectivity index (χ0) is 15.7. The van der Waals surface area contributed by atoms with Crippen LogP contribution < -0.4 is 10.2 Å². The number of hydrogen-bond acceptors (Lipinski definition) is 3. The van der Waals surface area contributed by atoms with Crippen molar-refractivity contribution in [3.05, 3.63) is 30.3 Å². The standard InChI is InChI=1S/C13H13F3N2O3/c1-2-8-21-12(13(14,15)16)10(19)18(11(20)17-12)9-6-4-3-5-7-9/h3-7H,2,8H2,1H3,(H,17,20)/t12-/m1/s1. The van der Waals surface area contributed by atoms with Crippen LogP contribution >= 0.6 is 0 Å². The van der Waals surface area contributed by atoms with Crippen molar-refractivity contribution in [1.82, 2.24) is 5.32 Å². The van der Waals surface area contributed by atoms with Crippen molar-refractivity contribution in [1.29, 1.82) is 0 Å². The number of hydrogen-bond donors (Lipinski definition) is 1. The maximum absolute atomic E-state index is 13.3. The van der Waals surface area contributed by atoms with Crippen LogP contribution in [0.4, 0.5) is 23.7 Å². The predicted molar refractivity (Wildman–Crippen MR) is 67.5 cm³/mol. The van der Waals surface area contributed by atoms with Crippen molar-refractivity contribution in [3.63, 3.8) is 0 Å². The number of nitrogens with one attached hydrogen (secondary N) is 1. The lowest BCUT2D eigenvalue weighted by Gasteiger charge is -2.28. The molecule has 114 valence electrons. The van der Waals surface area contributed by atoms with E-state index in [1.165, 1.54) is 24.3 Å². The van der Waals surface area contributed by atoms with Gasteiger partial charge in [-0.15, -0.1) is 0 Å². The molecular formula is C13H13F3N2O3. The third-order valence-corrected chi connectivity index (χ3v) is 2.93. The lowest BCUT2D eigenvalue weighted by molar-refractivity contribution is -0.269. The minimum atomic E-state index is -5.06. The van der Waals surface area contributed by atoms with Crippen LogP contribution in [0.5, 0.6) is 0 Å². The van der Waals surface area contributed by atoms with Gasteiger partial charge in [0.1, 0.15) is 0 Å². The maximum atomic E-state index is 13.3. The van der Waals surface area contributed by atoms with E-state index in [0.29, 0.717) is 4.90 Å². The molecule has 1 aromatic rings. The summed E-state index contributed by atoms with van der Waals surface area (Å²) in [5, 5.41) is 1.63. The van der Waals surface area contributed by atoms with E-state index in [-0.39, 0.29) is 18.7 Å².